The van der Waals surface area contributed by atoms with E-state index >= 15 is 0 Å². The van der Waals surface area contributed by atoms with Gasteiger partial charge in [0.1, 0.15) is 11.6 Å². The first-order valence-electron chi connectivity index (χ1n) is 4.61. The molecule has 82 valence electrons. The van der Waals surface area contributed by atoms with Crippen LogP contribution >= 0.6 is 11.6 Å². The van der Waals surface area contributed by atoms with Crippen LogP contribution in [0.5, 0.6) is 5.75 Å². The second-order valence-electron chi connectivity index (χ2n) is 3.06. The smallest absolute Gasteiger partial charge is 0.166 e. The van der Waals surface area contributed by atoms with Crippen LogP contribution in [0.1, 0.15) is 23.2 Å². The zero-order valence-electron chi connectivity index (χ0n) is 8.43. The standard InChI is InChI=1S/C11H12ClFO2/c1-15-11-5-4-8(13)7-9(11)10(14)3-2-6-12/h4-5,7H,2-3,6H2,1H3. The number of benzene rings is 1. The number of carbonyl (C=O) groups is 1. The number of Topliss-reactive ketones (excluding diaryl/α,β-unsaturated/α-hetero) is 1. The quantitative estimate of drug-likeness (QED) is 0.574. The third kappa shape index (κ3) is 3.20. The van der Waals surface area contributed by atoms with E-state index in [-0.39, 0.29) is 11.3 Å². The highest BCUT2D eigenvalue weighted by atomic mass is 35.5. The maximum atomic E-state index is 12.9. The molecule has 0 atom stereocenters. The van der Waals surface area contributed by atoms with E-state index in [0.717, 1.165) is 0 Å². The Bertz CT molecular complexity index is 352. The van der Waals surface area contributed by atoms with Gasteiger partial charge in [-0.3, -0.25) is 4.79 Å². The molecule has 4 heteroatoms. The molecule has 0 spiro atoms. The predicted molar refractivity (Wildman–Crippen MR) is 57.2 cm³/mol. The Kier molecular flexibility index (Phi) is 4.56. The minimum atomic E-state index is -0.440. The van der Waals surface area contributed by atoms with E-state index in [1.165, 1.54) is 25.3 Å². The second kappa shape index (κ2) is 5.71. The van der Waals surface area contributed by atoms with Gasteiger partial charge in [-0.2, -0.15) is 0 Å². The third-order valence-corrected chi connectivity index (χ3v) is 2.27. The Morgan fingerprint density at radius 1 is 1.53 bits per heavy atom. The van der Waals surface area contributed by atoms with Gasteiger partial charge in [-0.25, -0.2) is 4.39 Å². The molecule has 0 aliphatic heterocycles. The first-order valence-corrected chi connectivity index (χ1v) is 5.15. The third-order valence-electron chi connectivity index (χ3n) is 2.00. The fraction of sp³-hybridized carbons (Fsp3) is 0.364. The Labute approximate surface area is 93.0 Å². The van der Waals surface area contributed by atoms with E-state index in [9.17, 15) is 9.18 Å². The Hall–Kier alpha value is -1.09. The van der Waals surface area contributed by atoms with Crippen molar-refractivity contribution in [3.8, 4) is 5.75 Å². The second-order valence-corrected chi connectivity index (χ2v) is 3.44. The van der Waals surface area contributed by atoms with Crippen LogP contribution < -0.4 is 4.74 Å². The van der Waals surface area contributed by atoms with Gasteiger partial charge in [0.15, 0.2) is 5.78 Å². The number of alkyl halides is 1. The summed E-state index contributed by atoms with van der Waals surface area (Å²) in [6.07, 6.45) is 0.892. The van der Waals surface area contributed by atoms with Crippen molar-refractivity contribution >= 4 is 17.4 Å². The topological polar surface area (TPSA) is 26.3 Å². The molecule has 0 unspecified atom stereocenters. The summed E-state index contributed by atoms with van der Waals surface area (Å²) in [6, 6.07) is 3.90. The summed E-state index contributed by atoms with van der Waals surface area (Å²) in [5, 5.41) is 0. The van der Waals surface area contributed by atoms with Crippen LogP contribution in [-0.2, 0) is 0 Å². The SMILES string of the molecule is COc1ccc(F)cc1C(=O)CCCCl. The number of ketones is 1. The van der Waals surface area contributed by atoms with Crippen molar-refractivity contribution in [1.29, 1.82) is 0 Å². The van der Waals surface area contributed by atoms with Gasteiger partial charge in [-0.1, -0.05) is 0 Å². The molecule has 0 saturated heterocycles. The highest BCUT2D eigenvalue weighted by Crippen LogP contribution is 2.21. The van der Waals surface area contributed by atoms with Crippen LogP contribution in [0.3, 0.4) is 0 Å². The molecule has 0 amide bonds. The summed E-state index contributed by atoms with van der Waals surface area (Å²) in [4.78, 5) is 11.6. The molecule has 0 aliphatic rings. The minimum absolute atomic E-state index is 0.146. The zero-order valence-corrected chi connectivity index (χ0v) is 9.18. The molecular weight excluding hydrogens is 219 g/mol. The molecule has 0 N–H and O–H groups in total. The van der Waals surface area contributed by atoms with Gasteiger partial charge in [0.2, 0.25) is 0 Å². The van der Waals surface area contributed by atoms with E-state index in [1.54, 1.807) is 0 Å². The van der Waals surface area contributed by atoms with Crippen LogP contribution in [-0.4, -0.2) is 18.8 Å². The van der Waals surface area contributed by atoms with E-state index in [4.69, 9.17) is 16.3 Å². The van der Waals surface area contributed by atoms with Crippen LogP contribution in [0.25, 0.3) is 0 Å². The molecule has 2 nitrogen and oxygen atoms in total. The molecule has 1 rings (SSSR count). The summed E-state index contributed by atoms with van der Waals surface area (Å²) in [6.45, 7) is 0. The number of carbonyl (C=O) groups excluding carboxylic acids is 1. The van der Waals surface area contributed by atoms with Crippen molar-refractivity contribution < 1.29 is 13.9 Å². The average molecular weight is 231 g/mol. The molecule has 0 radical (unpaired) electrons. The molecule has 1 aromatic rings. The van der Waals surface area contributed by atoms with Gasteiger partial charge in [-0.05, 0) is 24.6 Å². The lowest BCUT2D eigenvalue weighted by atomic mass is 10.1. The number of hydrogen-bond acceptors (Lipinski definition) is 2. The van der Waals surface area contributed by atoms with Crippen molar-refractivity contribution in [2.45, 2.75) is 12.8 Å². The molecule has 0 fully saturated rings. The summed E-state index contributed by atoms with van der Waals surface area (Å²) in [5.74, 6) is 0.233. The lowest BCUT2D eigenvalue weighted by Gasteiger charge is -2.06. The fourth-order valence-electron chi connectivity index (χ4n) is 1.26. The van der Waals surface area contributed by atoms with Gasteiger partial charge in [0.05, 0.1) is 12.7 Å². The van der Waals surface area contributed by atoms with Crippen molar-refractivity contribution in [2.24, 2.45) is 0 Å². The number of ether oxygens (including phenoxy) is 1. The van der Waals surface area contributed by atoms with Crippen LogP contribution in [0, 0.1) is 5.82 Å². The highest BCUT2D eigenvalue weighted by Gasteiger charge is 2.12. The number of halogens is 2. The van der Waals surface area contributed by atoms with Crippen molar-refractivity contribution in [1.82, 2.24) is 0 Å². The normalized spacial score (nSPS) is 10.1. The van der Waals surface area contributed by atoms with E-state index < -0.39 is 5.82 Å². The van der Waals surface area contributed by atoms with Gasteiger partial charge < -0.3 is 4.74 Å². The first kappa shape index (κ1) is 12.0. The predicted octanol–water partition coefficient (Wildman–Crippen LogP) is 3.04. The Morgan fingerprint density at radius 3 is 2.87 bits per heavy atom. The number of rotatable bonds is 5. The zero-order chi connectivity index (χ0) is 11.3. The van der Waals surface area contributed by atoms with Gasteiger partial charge in [-0.15, -0.1) is 11.6 Å². The maximum Gasteiger partial charge on any atom is 0.166 e. The molecule has 0 aromatic heterocycles. The average Bonchev–Trinajstić information content (AvgIpc) is 2.25. The monoisotopic (exact) mass is 230 g/mol. The van der Waals surface area contributed by atoms with Crippen LogP contribution in [0.4, 0.5) is 4.39 Å². The lowest BCUT2D eigenvalue weighted by molar-refractivity contribution is 0.0978. The van der Waals surface area contributed by atoms with Gasteiger partial charge >= 0.3 is 0 Å². The lowest BCUT2D eigenvalue weighted by Crippen LogP contribution is -2.03. The first-order chi connectivity index (χ1) is 7.19. The van der Waals surface area contributed by atoms with E-state index in [1.807, 2.05) is 0 Å². The number of methoxy groups -OCH3 is 1. The number of hydrogen-bond donors (Lipinski definition) is 0. The summed E-state index contributed by atoms with van der Waals surface area (Å²) >= 11 is 5.48. The molecular formula is C11H12ClFO2. The molecule has 15 heavy (non-hydrogen) atoms. The van der Waals surface area contributed by atoms with Crippen LogP contribution in [0.15, 0.2) is 18.2 Å². The van der Waals surface area contributed by atoms with E-state index in [0.29, 0.717) is 24.5 Å². The Morgan fingerprint density at radius 2 is 2.27 bits per heavy atom. The van der Waals surface area contributed by atoms with Gasteiger partial charge in [0, 0.05) is 12.3 Å². The fourth-order valence-corrected chi connectivity index (χ4v) is 1.39. The molecule has 0 heterocycles. The summed E-state index contributed by atoms with van der Waals surface area (Å²) < 4.78 is 17.9. The molecule has 0 aliphatic carbocycles. The highest BCUT2D eigenvalue weighted by molar-refractivity contribution is 6.18. The largest absolute Gasteiger partial charge is 0.496 e. The van der Waals surface area contributed by atoms with Crippen molar-refractivity contribution in [3.63, 3.8) is 0 Å². The minimum Gasteiger partial charge on any atom is -0.496 e. The maximum absolute atomic E-state index is 12.9. The van der Waals surface area contributed by atoms with Crippen molar-refractivity contribution in [2.75, 3.05) is 13.0 Å². The van der Waals surface area contributed by atoms with Crippen LogP contribution in [0.2, 0.25) is 0 Å². The van der Waals surface area contributed by atoms with Gasteiger partial charge in [0.25, 0.3) is 0 Å². The van der Waals surface area contributed by atoms with E-state index in [2.05, 4.69) is 0 Å². The summed E-state index contributed by atoms with van der Waals surface area (Å²) in [5.41, 5.74) is 0.280. The summed E-state index contributed by atoms with van der Waals surface area (Å²) in [7, 11) is 1.45. The Balaban J connectivity index is 2.90. The van der Waals surface area contributed by atoms with Crippen molar-refractivity contribution in [3.05, 3.63) is 29.6 Å². The molecule has 0 saturated carbocycles. The molecule has 1 aromatic carbocycles. The molecule has 0 bridgehead atoms.